The summed E-state index contributed by atoms with van der Waals surface area (Å²) in [7, 11) is 1.44. The van der Waals surface area contributed by atoms with E-state index in [9.17, 15) is 9.59 Å². The fourth-order valence-electron chi connectivity index (χ4n) is 4.08. The molecule has 3 aromatic carbocycles. The third-order valence-corrected chi connectivity index (χ3v) is 5.96. The second-order valence-electron chi connectivity index (χ2n) is 10.4. The molecule has 0 aromatic heterocycles. The molecule has 7 nitrogen and oxygen atoms in total. The highest BCUT2D eigenvalue weighted by Gasteiger charge is 2.40. The molecule has 0 aliphatic heterocycles. The summed E-state index contributed by atoms with van der Waals surface area (Å²) in [6.45, 7) is 5.37. The molecule has 39 heavy (non-hydrogen) atoms. The molecule has 0 amide bonds. The molecule has 0 heterocycles. The van der Waals surface area contributed by atoms with Gasteiger partial charge in [0.15, 0.2) is 12.2 Å². The Hall–Kier alpha value is -3.26. The van der Waals surface area contributed by atoms with Crippen molar-refractivity contribution < 1.29 is 33.3 Å². The number of rotatable bonds is 15. The molecule has 0 bridgehead atoms. The van der Waals surface area contributed by atoms with Crippen molar-refractivity contribution in [3.8, 4) is 0 Å². The van der Waals surface area contributed by atoms with Crippen LogP contribution in [-0.4, -0.2) is 50.3 Å². The van der Waals surface area contributed by atoms with Gasteiger partial charge in [-0.3, -0.25) is 0 Å². The number of hydrogen-bond acceptors (Lipinski definition) is 7. The van der Waals surface area contributed by atoms with Gasteiger partial charge in [-0.15, -0.1) is 0 Å². The summed E-state index contributed by atoms with van der Waals surface area (Å²) in [6.07, 6.45) is 0.913. The van der Waals surface area contributed by atoms with E-state index in [1.165, 1.54) is 23.4 Å². The van der Waals surface area contributed by atoms with Gasteiger partial charge in [-0.25, -0.2) is 9.59 Å². The number of unbranched alkanes of at least 4 members (excludes halogenated alkanes) is 2. The largest absolute Gasteiger partial charge is 0.459 e. The first-order valence-corrected chi connectivity index (χ1v) is 13.4. The fourth-order valence-corrected chi connectivity index (χ4v) is 4.08. The van der Waals surface area contributed by atoms with E-state index >= 15 is 0 Å². The van der Waals surface area contributed by atoms with E-state index in [-0.39, 0.29) is 20.0 Å². The van der Waals surface area contributed by atoms with Gasteiger partial charge in [0, 0.05) is 13.7 Å². The molecule has 0 aliphatic carbocycles. The summed E-state index contributed by atoms with van der Waals surface area (Å²) in [5, 5.41) is 2.47. The van der Waals surface area contributed by atoms with Gasteiger partial charge in [0.25, 0.3) is 0 Å². The number of carbonyl (C=O) groups is 2. The van der Waals surface area contributed by atoms with Gasteiger partial charge in [0.2, 0.25) is 0 Å². The topological polar surface area (TPSA) is 80.3 Å². The predicted molar refractivity (Wildman–Crippen MR) is 150 cm³/mol. The normalized spacial score (nSPS) is 13.1. The Bertz CT molecular complexity index is 1170. The van der Waals surface area contributed by atoms with E-state index in [2.05, 4.69) is 30.3 Å². The molecule has 0 radical (unpaired) electrons. The van der Waals surface area contributed by atoms with Crippen molar-refractivity contribution in [3.63, 3.8) is 0 Å². The van der Waals surface area contributed by atoms with Crippen LogP contribution in [0, 0.1) is 0 Å². The zero-order chi connectivity index (χ0) is 28.1. The number of methoxy groups -OCH3 is 1. The van der Waals surface area contributed by atoms with Crippen molar-refractivity contribution in [1.82, 2.24) is 0 Å². The van der Waals surface area contributed by atoms with Crippen molar-refractivity contribution in [2.75, 3.05) is 20.5 Å². The molecule has 0 N–H and O–H groups in total. The predicted octanol–water partition coefficient (Wildman–Crippen LogP) is 6.01. The van der Waals surface area contributed by atoms with Crippen LogP contribution < -0.4 is 0 Å². The molecule has 3 rings (SSSR count). The van der Waals surface area contributed by atoms with Crippen molar-refractivity contribution in [1.29, 1.82) is 0 Å². The maximum Gasteiger partial charge on any atom is 0.339 e. The Morgan fingerprint density at radius 1 is 0.744 bits per heavy atom. The minimum atomic E-state index is -1.33. The van der Waals surface area contributed by atoms with Crippen LogP contribution in [0.4, 0.5) is 0 Å². The van der Waals surface area contributed by atoms with Gasteiger partial charge in [-0.1, -0.05) is 79.2 Å². The molecule has 0 unspecified atom stereocenters. The second-order valence-corrected chi connectivity index (χ2v) is 10.4. The maximum absolute atomic E-state index is 13.1. The second kappa shape index (κ2) is 15.4. The first kappa shape index (κ1) is 30.3. The van der Waals surface area contributed by atoms with Gasteiger partial charge in [-0.05, 0) is 61.9 Å². The van der Waals surface area contributed by atoms with Crippen LogP contribution >= 0.6 is 0 Å². The molecular weight excluding hydrogens is 496 g/mol. The van der Waals surface area contributed by atoms with Gasteiger partial charge >= 0.3 is 11.9 Å². The van der Waals surface area contributed by atoms with Crippen LogP contribution in [0.25, 0.3) is 10.8 Å². The summed E-state index contributed by atoms with van der Waals surface area (Å²) in [5.74, 6) is -1.40. The summed E-state index contributed by atoms with van der Waals surface area (Å²) in [5.41, 5.74) is 1.34. The average Bonchev–Trinajstić information content (AvgIpc) is 2.92. The van der Waals surface area contributed by atoms with Crippen molar-refractivity contribution in [3.05, 3.63) is 83.9 Å². The number of carbonyl (C=O) groups excluding carboxylic acids is 2. The summed E-state index contributed by atoms with van der Waals surface area (Å²) >= 11 is 0. The summed E-state index contributed by atoms with van der Waals surface area (Å²) in [6, 6.07) is 24.1. The molecule has 3 aromatic rings. The van der Waals surface area contributed by atoms with Crippen molar-refractivity contribution in [2.45, 2.75) is 70.9 Å². The maximum atomic E-state index is 13.1. The number of esters is 2. The highest BCUT2D eigenvalue weighted by Crippen LogP contribution is 2.19. The lowest BCUT2D eigenvalue weighted by molar-refractivity contribution is -0.199. The lowest BCUT2D eigenvalue weighted by atomic mass is 10.0. The molecule has 0 spiro atoms. The Labute approximate surface area is 231 Å². The molecular formula is C32H40O7. The molecule has 210 valence electrons. The number of hydrogen-bond donors (Lipinski definition) is 0. The van der Waals surface area contributed by atoms with Crippen LogP contribution in [0.2, 0.25) is 0 Å². The van der Waals surface area contributed by atoms with E-state index in [0.29, 0.717) is 6.42 Å². The van der Waals surface area contributed by atoms with Crippen LogP contribution in [0.5, 0.6) is 0 Å². The average molecular weight is 537 g/mol. The Morgan fingerprint density at radius 2 is 1.44 bits per heavy atom. The lowest BCUT2D eigenvalue weighted by Crippen LogP contribution is -2.47. The molecule has 0 fully saturated rings. The van der Waals surface area contributed by atoms with Gasteiger partial charge in [0.1, 0.15) is 19.0 Å². The highest BCUT2D eigenvalue weighted by atomic mass is 16.7. The van der Waals surface area contributed by atoms with E-state index in [0.717, 1.165) is 24.8 Å². The molecule has 7 heteroatoms. The smallest absolute Gasteiger partial charge is 0.339 e. The highest BCUT2D eigenvalue weighted by molar-refractivity contribution is 5.86. The number of ether oxygens (including phenoxy) is 5. The fraction of sp³-hybridized carbons (Fsp3) is 0.438. The van der Waals surface area contributed by atoms with Crippen molar-refractivity contribution in [2.24, 2.45) is 0 Å². The summed E-state index contributed by atoms with van der Waals surface area (Å²) in [4.78, 5) is 26.1. The summed E-state index contributed by atoms with van der Waals surface area (Å²) < 4.78 is 27.5. The zero-order valence-electron chi connectivity index (χ0n) is 23.4. The molecule has 0 saturated carbocycles. The zero-order valence-corrected chi connectivity index (χ0v) is 23.4. The Kier molecular flexibility index (Phi) is 11.9. The van der Waals surface area contributed by atoms with Crippen LogP contribution in [-0.2, 0) is 46.3 Å². The standard InChI is InChI=1S/C32H40O7/c1-32(2,3)39-31(34)29(28(38-23-35-4)30(33)37-22-25-14-7-5-8-15-25)36-20-12-6-9-13-24-18-19-26-16-10-11-17-27(26)21-24/h5,7-8,10-11,14-19,21,28-29H,6,9,12-13,20,22-23H2,1-4H3/t28-,29-/m1/s1. The first-order valence-electron chi connectivity index (χ1n) is 13.4. The monoisotopic (exact) mass is 536 g/mol. The third-order valence-electron chi connectivity index (χ3n) is 5.96. The molecule has 0 aliphatic rings. The van der Waals surface area contributed by atoms with E-state index in [1.54, 1.807) is 20.8 Å². The number of fused-ring (bicyclic) bond motifs is 1. The lowest BCUT2D eigenvalue weighted by Gasteiger charge is -2.28. The minimum Gasteiger partial charge on any atom is -0.459 e. The van der Waals surface area contributed by atoms with Crippen molar-refractivity contribution >= 4 is 22.7 Å². The van der Waals surface area contributed by atoms with E-state index in [1.807, 2.05) is 42.5 Å². The first-order chi connectivity index (χ1) is 18.8. The van der Waals surface area contributed by atoms with Gasteiger partial charge in [0.05, 0.1) is 0 Å². The minimum absolute atomic E-state index is 0.0440. The van der Waals surface area contributed by atoms with Gasteiger partial charge < -0.3 is 23.7 Å². The SMILES string of the molecule is COCO[C@@H](C(=O)OCc1ccccc1)[C@@H](OCCCCCc1ccc2ccccc2c1)C(=O)OC(C)(C)C. The Balaban J connectivity index is 1.57. The van der Waals surface area contributed by atoms with Crippen LogP contribution in [0.15, 0.2) is 72.8 Å². The quantitative estimate of drug-likeness (QED) is 0.134. The number of aryl methyl sites for hydroxylation is 1. The number of benzene rings is 3. The van der Waals surface area contributed by atoms with Crippen LogP contribution in [0.1, 0.15) is 51.2 Å². The van der Waals surface area contributed by atoms with E-state index in [4.69, 9.17) is 23.7 Å². The van der Waals surface area contributed by atoms with E-state index < -0.39 is 29.7 Å². The molecule has 2 atom stereocenters. The Morgan fingerprint density at radius 3 is 2.15 bits per heavy atom. The third kappa shape index (κ3) is 10.4. The molecule has 0 saturated heterocycles. The van der Waals surface area contributed by atoms with Gasteiger partial charge in [-0.2, -0.15) is 0 Å². The van der Waals surface area contributed by atoms with Crippen LogP contribution in [0.3, 0.4) is 0 Å².